The summed E-state index contributed by atoms with van der Waals surface area (Å²) in [5.41, 5.74) is 1.31. The van der Waals surface area contributed by atoms with Gasteiger partial charge in [0.1, 0.15) is 5.54 Å². The molecule has 32 heavy (non-hydrogen) atoms. The number of aromatic nitrogens is 1. The van der Waals surface area contributed by atoms with Crippen LogP contribution in [0.2, 0.25) is 0 Å². The third-order valence-corrected chi connectivity index (χ3v) is 5.39. The van der Waals surface area contributed by atoms with E-state index in [1.54, 1.807) is 19.9 Å². The lowest BCUT2D eigenvalue weighted by molar-refractivity contribution is -0.137. The average molecular weight is 441 g/mol. The molecular weight excluding hydrogens is 413 g/mol. The number of benzene rings is 2. The van der Waals surface area contributed by atoms with Gasteiger partial charge in [-0.2, -0.15) is 13.2 Å². The van der Waals surface area contributed by atoms with Crippen LogP contribution < -0.4 is 5.32 Å². The Balaban J connectivity index is 2.33. The van der Waals surface area contributed by atoms with Gasteiger partial charge in [-0.3, -0.25) is 9.78 Å². The largest absolute Gasteiger partial charge is 0.416 e. The molecule has 0 saturated carbocycles. The molecule has 0 aliphatic heterocycles. The molecule has 3 nitrogen and oxygen atoms in total. The van der Waals surface area contributed by atoms with Crippen molar-refractivity contribution in [3.63, 3.8) is 0 Å². The van der Waals surface area contributed by atoms with Gasteiger partial charge >= 0.3 is 6.18 Å². The molecule has 0 bridgehead atoms. The summed E-state index contributed by atoms with van der Waals surface area (Å²) in [6.45, 7) is 7.25. The van der Waals surface area contributed by atoms with Crippen molar-refractivity contribution < 1.29 is 18.0 Å². The summed E-state index contributed by atoms with van der Waals surface area (Å²) in [6, 6.07) is 18.3. The van der Waals surface area contributed by atoms with Gasteiger partial charge in [0.15, 0.2) is 0 Å². The van der Waals surface area contributed by atoms with Gasteiger partial charge in [-0.1, -0.05) is 56.3 Å². The lowest BCUT2D eigenvalue weighted by Gasteiger charge is -2.37. The zero-order valence-corrected chi connectivity index (χ0v) is 18.6. The van der Waals surface area contributed by atoms with Crippen LogP contribution in [0.5, 0.6) is 0 Å². The number of hydrogen-bond acceptors (Lipinski definition) is 2. The van der Waals surface area contributed by atoms with Gasteiger partial charge < -0.3 is 5.32 Å². The second-order valence-corrected chi connectivity index (χ2v) is 8.46. The molecule has 3 rings (SSSR count). The van der Waals surface area contributed by atoms with E-state index < -0.39 is 17.3 Å². The molecule has 3 aromatic rings. The van der Waals surface area contributed by atoms with Gasteiger partial charge in [0.05, 0.1) is 11.3 Å². The number of nitrogens with one attached hydrogen (secondary N) is 1. The van der Waals surface area contributed by atoms with Crippen LogP contribution >= 0.6 is 0 Å². The second-order valence-electron chi connectivity index (χ2n) is 8.46. The predicted molar refractivity (Wildman–Crippen MR) is 119 cm³/mol. The molecule has 1 amide bonds. The SMILES string of the molecule is Cc1cc(C)nc(C(Cc2ccccc2)(NC(=O)C(C)C)c2cccc(C(F)(F)F)c2)c1. The van der Waals surface area contributed by atoms with E-state index >= 15 is 0 Å². The van der Waals surface area contributed by atoms with Crippen LogP contribution in [0.3, 0.4) is 0 Å². The maximum Gasteiger partial charge on any atom is 0.416 e. The summed E-state index contributed by atoms with van der Waals surface area (Å²) in [5.74, 6) is -0.624. The minimum Gasteiger partial charge on any atom is -0.340 e. The number of amides is 1. The van der Waals surface area contributed by atoms with Crippen molar-refractivity contribution in [1.82, 2.24) is 10.3 Å². The molecule has 2 aromatic carbocycles. The monoisotopic (exact) mass is 440 g/mol. The Hall–Kier alpha value is -3.15. The van der Waals surface area contributed by atoms with Crippen molar-refractivity contribution in [2.24, 2.45) is 5.92 Å². The van der Waals surface area contributed by atoms with E-state index in [0.717, 1.165) is 29.0 Å². The zero-order valence-electron chi connectivity index (χ0n) is 18.6. The quantitative estimate of drug-likeness (QED) is 0.513. The number of halogens is 3. The van der Waals surface area contributed by atoms with Crippen molar-refractivity contribution in [3.8, 4) is 0 Å². The smallest absolute Gasteiger partial charge is 0.340 e. The van der Waals surface area contributed by atoms with Crippen LogP contribution in [0.4, 0.5) is 13.2 Å². The van der Waals surface area contributed by atoms with Crippen molar-refractivity contribution >= 4 is 5.91 Å². The first kappa shape index (κ1) is 23.5. The number of carbonyl (C=O) groups excluding carboxylic acids is 1. The van der Waals surface area contributed by atoms with E-state index in [0.29, 0.717) is 11.3 Å². The molecule has 0 radical (unpaired) electrons. The summed E-state index contributed by atoms with van der Waals surface area (Å²) < 4.78 is 40.8. The number of carbonyl (C=O) groups is 1. The minimum atomic E-state index is -4.51. The second kappa shape index (κ2) is 9.15. The Morgan fingerprint density at radius 3 is 2.19 bits per heavy atom. The summed E-state index contributed by atoms with van der Waals surface area (Å²) in [6.07, 6.45) is -4.25. The molecule has 1 N–H and O–H groups in total. The van der Waals surface area contributed by atoms with E-state index in [1.165, 1.54) is 6.07 Å². The third-order valence-electron chi connectivity index (χ3n) is 5.39. The lowest BCUT2D eigenvalue weighted by Crippen LogP contribution is -2.50. The Labute approximate surface area is 186 Å². The zero-order chi connectivity index (χ0) is 23.5. The highest BCUT2D eigenvalue weighted by Gasteiger charge is 2.40. The summed E-state index contributed by atoms with van der Waals surface area (Å²) in [7, 11) is 0. The van der Waals surface area contributed by atoms with Crippen LogP contribution in [0.1, 0.15) is 47.5 Å². The standard InChI is InChI=1S/C26H27F3N2O/c1-17(2)24(32)31-25(16-20-9-6-5-7-10-20,23-14-18(3)13-19(4)30-23)21-11-8-12-22(15-21)26(27,28)29/h5-15,17H,16H2,1-4H3,(H,31,32). The number of pyridine rings is 1. The Morgan fingerprint density at radius 1 is 0.938 bits per heavy atom. The molecule has 1 unspecified atom stereocenters. The van der Waals surface area contributed by atoms with Crippen LogP contribution in [0, 0.1) is 19.8 Å². The van der Waals surface area contributed by atoms with E-state index in [1.807, 2.05) is 56.3 Å². The highest BCUT2D eigenvalue weighted by Crippen LogP contribution is 2.37. The Bertz CT molecular complexity index is 1070. The molecule has 0 fully saturated rings. The van der Waals surface area contributed by atoms with Crippen molar-refractivity contribution in [2.75, 3.05) is 0 Å². The summed E-state index contributed by atoms with van der Waals surface area (Å²) in [4.78, 5) is 17.7. The van der Waals surface area contributed by atoms with Gasteiger partial charge in [-0.15, -0.1) is 0 Å². The van der Waals surface area contributed by atoms with Gasteiger partial charge in [0, 0.05) is 18.0 Å². The molecule has 0 aliphatic rings. The Kier molecular flexibility index (Phi) is 6.72. The van der Waals surface area contributed by atoms with Crippen LogP contribution in [-0.4, -0.2) is 10.9 Å². The predicted octanol–water partition coefficient (Wildman–Crippen LogP) is 5.98. The highest BCUT2D eigenvalue weighted by molar-refractivity contribution is 5.79. The molecule has 6 heteroatoms. The lowest BCUT2D eigenvalue weighted by atomic mass is 9.79. The van der Waals surface area contributed by atoms with Crippen molar-refractivity contribution in [2.45, 2.75) is 45.8 Å². The maximum atomic E-state index is 13.6. The fraction of sp³-hybridized carbons (Fsp3) is 0.308. The van der Waals surface area contributed by atoms with Gasteiger partial charge in [0.2, 0.25) is 5.91 Å². The molecule has 1 atom stereocenters. The van der Waals surface area contributed by atoms with Gasteiger partial charge in [-0.05, 0) is 54.8 Å². The molecular formula is C26H27F3N2O. The van der Waals surface area contributed by atoms with E-state index in [9.17, 15) is 18.0 Å². The minimum absolute atomic E-state index is 0.253. The fourth-order valence-corrected chi connectivity index (χ4v) is 3.80. The van der Waals surface area contributed by atoms with Crippen molar-refractivity contribution in [3.05, 3.63) is 100 Å². The first-order valence-electron chi connectivity index (χ1n) is 10.5. The van der Waals surface area contributed by atoms with Crippen LogP contribution in [0.25, 0.3) is 0 Å². The number of nitrogens with zero attached hydrogens (tertiary/aromatic N) is 1. The van der Waals surface area contributed by atoms with E-state index in [4.69, 9.17) is 0 Å². The highest BCUT2D eigenvalue weighted by atomic mass is 19.4. The number of rotatable bonds is 6. The molecule has 1 aromatic heterocycles. The molecule has 0 spiro atoms. The first-order chi connectivity index (χ1) is 15.0. The van der Waals surface area contributed by atoms with E-state index in [2.05, 4.69) is 10.3 Å². The number of hydrogen-bond donors (Lipinski definition) is 1. The molecule has 0 aliphatic carbocycles. The molecule has 1 heterocycles. The summed E-state index contributed by atoms with van der Waals surface area (Å²) in [5, 5.41) is 3.08. The number of aryl methyl sites for hydroxylation is 2. The van der Waals surface area contributed by atoms with Crippen molar-refractivity contribution in [1.29, 1.82) is 0 Å². The topological polar surface area (TPSA) is 42.0 Å². The average Bonchev–Trinajstić information content (AvgIpc) is 2.72. The first-order valence-corrected chi connectivity index (χ1v) is 10.5. The Morgan fingerprint density at radius 2 is 1.59 bits per heavy atom. The fourth-order valence-electron chi connectivity index (χ4n) is 3.80. The van der Waals surface area contributed by atoms with E-state index in [-0.39, 0.29) is 18.2 Å². The van der Waals surface area contributed by atoms with Crippen LogP contribution in [-0.2, 0) is 22.9 Å². The molecule has 168 valence electrons. The third kappa shape index (κ3) is 5.18. The van der Waals surface area contributed by atoms with Gasteiger partial charge in [0.25, 0.3) is 0 Å². The maximum absolute atomic E-state index is 13.6. The normalized spacial score (nSPS) is 13.6. The summed E-state index contributed by atoms with van der Waals surface area (Å²) >= 11 is 0. The number of alkyl halides is 3. The van der Waals surface area contributed by atoms with Crippen LogP contribution in [0.15, 0.2) is 66.7 Å². The van der Waals surface area contributed by atoms with Gasteiger partial charge in [-0.25, -0.2) is 0 Å². The molecule has 0 saturated heterocycles.